The van der Waals surface area contributed by atoms with Crippen LogP contribution in [0, 0.1) is 6.92 Å². The van der Waals surface area contributed by atoms with Crippen LogP contribution in [0.3, 0.4) is 0 Å². The zero-order valence-electron chi connectivity index (χ0n) is 14.9. The molecule has 0 aromatic heterocycles. The first-order valence-corrected chi connectivity index (χ1v) is 8.53. The van der Waals surface area contributed by atoms with Crippen LogP contribution in [-0.2, 0) is 0 Å². The molecular formula is C22H20O5. The summed E-state index contributed by atoms with van der Waals surface area (Å²) >= 11 is 0. The highest BCUT2D eigenvalue weighted by atomic mass is 16.5. The van der Waals surface area contributed by atoms with Gasteiger partial charge in [-0.15, -0.1) is 0 Å². The van der Waals surface area contributed by atoms with Gasteiger partial charge in [-0.3, -0.25) is 0 Å². The van der Waals surface area contributed by atoms with Crippen molar-refractivity contribution >= 4 is 5.97 Å². The van der Waals surface area contributed by atoms with E-state index < -0.39 is 5.97 Å². The SMILES string of the molecule is Cc1cc(O)cc(OCCOc2ccccc2-c2ccccc2)c1C(=O)O. The topological polar surface area (TPSA) is 76.0 Å². The Balaban J connectivity index is 1.68. The van der Waals surface area contributed by atoms with Crippen LogP contribution in [0.1, 0.15) is 15.9 Å². The Kier molecular flexibility index (Phi) is 5.61. The molecule has 3 aromatic rings. The molecule has 0 atom stereocenters. The number of carboxylic acids is 1. The molecule has 0 bridgehead atoms. The smallest absolute Gasteiger partial charge is 0.339 e. The van der Waals surface area contributed by atoms with Gasteiger partial charge in [0.15, 0.2) is 0 Å². The number of ether oxygens (including phenoxy) is 2. The van der Waals surface area contributed by atoms with E-state index in [-0.39, 0.29) is 30.3 Å². The molecule has 0 spiro atoms. The Morgan fingerprint density at radius 1 is 0.889 bits per heavy atom. The summed E-state index contributed by atoms with van der Waals surface area (Å²) < 4.78 is 11.4. The number of phenolic OH excluding ortho intramolecular Hbond substituents is 1. The minimum absolute atomic E-state index is 0.0390. The molecule has 0 amide bonds. The highest BCUT2D eigenvalue weighted by Crippen LogP contribution is 2.30. The first kappa shape index (κ1) is 18.3. The lowest BCUT2D eigenvalue weighted by atomic mass is 10.1. The third-order valence-corrected chi connectivity index (χ3v) is 4.07. The largest absolute Gasteiger partial charge is 0.508 e. The van der Waals surface area contributed by atoms with Crippen molar-refractivity contribution in [3.63, 3.8) is 0 Å². The van der Waals surface area contributed by atoms with Crippen LogP contribution in [0.25, 0.3) is 11.1 Å². The fourth-order valence-corrected chi connectivity index (χ4v) is 2.88. The molecule has 5 nitrogen and oxygen atoms in total. The molecule has 0 radical (unpaired) electrons. The summed E-state index contributed by atoms with van der Waals surface area (Å²) in [7, 11) is 0. The quantitative estimate of drug-likeness (QED) is 0.603. The van der Waals surface area contributed by atoms with Gasteiger partial charge in [-0.05, 0) is 30.2 Å². The maximum absolute atomic E-state index is 11.4. The van der Waals surface area contributed by atoms with Crippen LogP contribution >= 0.6 is 0 Å². The van der Waals surface area contributed by atoms with E-state index in [1.807, 2.05) is 54.6 Å². The number of carbonyl (C=O) groups is 1. The van der Waals surface area contributed by atoms with Gasteiger partial charge in [0.1, 0.15) is 36.0 Å². The molecule has 0 aliphatic rings. The third-order valence-electron chi connectivity index (χ3n) is 4.07. The number of hydrogen-bond acceptors (Lipinski definition) is 4. The Morgan fingerprint density at radius 2 is 1.52 bits per heavy atom. The van der Waals surface area contributed by atoms with Crippen LogP contribution < -0.4 is 9.47 Å². The summed E-state index contributed by atoms with van der Waals surface area (Å²) in [4.78, 5) is 11.4. The molecule has 0 saturated carbocycles. The Bertz CT molecular complexity index is 935. The van der Waals surface area contributed by atoms with Crippen molar-refractivity contribution in [3.05, 3.63) is 77.9 Å². The Hall–Kier alpha value is -3.47. The van der Waals surface area contributed by atoms with Crippen LogP contribution in [0.2, 0.25) is 0 Å². The third kappa shape index (κ3) is 4.39. The van der Waals surface area contributed by atoms with Crippen molar-refractivity contribution in [2.24, 2.45) is 0 Å². The molecule has 0 unspecified atom stereocenters. The van der Waals surface area contributed by atoms with Crippen molar-refractivity contribution in [3.8, 4) is 28.4 Å². The highest BCUT2D eigenvalue weighted by Gasteiger charge is 2.16. The van der Waals surface area contributed by atoms with E-state index in [1.165, 1.54) is 12.1 Å². The Labute approximate surface area is 157 Å². The van der Waals surface area contributed by atoms with Gasteiger partial charge in [-0.25, -0.2) is 4.79 Å². The predicted molar refractivity (Wildman–Crippen MR) is 103 cm³/mol. The Morgan fingerprint density at radius 3 is 2.22 bits per heavy atom. The van der Waals surface area contributed by atoms with Crippen LogP contribution in [0.5, 0.6) is 17.2 Å². The predicted octanol–water partition coefficient (Wildman–Crippen LogP) is 4.52. The number of benzene rings is 3. The van der Waals surface area contributed by atoms with Gasteiger partial charge in [0.25, 0.3) is 0 Å². The van der Waals surface area contributed by atoms with E-state index >= 15 is 0 Å². The second kappa shape index (κ2) is 8.27. The molecule has 3 aromatic carbocycles. The lowest BCUT2D eigenvalue weighted by Gasteiger charge is -2.14. The molecular weight excluding hydrogens is 344 g/mol. The van der Waals surface area contributed by atoms with Crippen molar-refractivity contribution < 1.29 is 24.5 Å². The lowest BCUT2D eigenvalue weighted by molar-refractivity contribution is 0.0690. The molecule has 3 rings (SSSR count). The van der Waals surface area contributed by atoms with Gasteiger partial charge >= 0.3 is 5.97 Å². The van der Waals surface area contributed by atoms with Crippen molar-refractivity contribution in [1.29, 1.82) is 0 Å². The first-order chi connectivity index (χ1) is 13.1. The second-order valence-electron chi connectivity index (χ2n) is 6.00. The average molecular weight is 364 g/mol. The summed E-state index contributed by atoms with van der Waals surface area (Å²) in [5.74, 6) is -0.293. The fraction of sp³-hybridized carbons (Fsp3) is 0.136. The second-order valence-corrected chi connectivity index (χ2v) is 6.00. The lowest BCUT2D eigenvalue weighted by Crippen LogP contribution is -2.12. The zero-order chi connectivity index (χ0) is 19.2. The summed E-state index contributed by atoms with van der Waals surface area (Å²) in [5, 5.41) is 19.0. The summed E-state index contributed by atoms with van der Waals surface area (Å²) in [6.45, 7) is 1.99. The van der Waals surface area contributed by atoms with Crippen molar-refractivity contribution in [1.82, 2.24) is 0 Å². The molecule has 0 aliphatic heterocycles. The number of aryl methyl sites for hydroxylation is 1. The number of hydrogen-bond donors (Lipinski definition) is 2. The maximum atomic E-state index is 11.4. The van der Waals surface area contributed by atoms with E-state index in [4.69, 9.17) is 9.47 Å². The van der Waals surface area contributed by atoms with Crippen molar-refractivity contribution in [2.45, 2.75) is 6.92 Å². The van der Waals surface area contributed by atoms with Crippen LogP contribution in [0.15, 0.2) is 66.7 Å². The summed E-state index contributed by atoms with van der Waals surface area (Å²) in [6.07, 6.45) is 0. The minimum Gasteiger partial charge on any atom is -0.508 e. The number of aromatic carboxylic acids is 1. The number of para-hydroxylation sites is 1. The van der Waals surface area contributed by atoms with E-state index in [9.17, 15) is 15.0 Å². The summed E-state index contributed by atoms with van der Waals surface area (Å²) in [6, 6.07) is 20.3. The molecule has 0 fully saturated rings. The summed E-state index contributed by atoms with van der Waals surface area (Å²) in [5.41, 5.74) is 2.49. The number of aromatic hydroxyl groups is 1. The van der Waals surface area contributed by atoms with E-state index in [2.05, 4.69) is 0 Å². The number of rotatable bonds is 7. The fourth-order valence-electron chi connectivity index (χ4n) is 2.88. The van der Waals surface area contributed by atoms with E-state index in [1.54, 1.807) is 6.92 Å². The highest BCUT2D eigenvalue weighted by molar-refractivity contribution is 5.93. The van der Waals surface area contributed by atoms with Crippen LogP contribution in [0.4, 0.5) is 0 Å². The molecule has 0 heterocycles. The van der Waals surface area contributed by atoms with Gasteiger partial charge in [-0.1, -0.05) is 48.5 Å². The minimum atomic E-state index is -1.10. The number of phenols is 1. The van der Waals surface area contributed by atoms with Crippen LogP contribution in [-0.4, -0.2) is 29.4 Å². The normalized spacial score (nSPS) is 10.4. The molecule has 138 valence electrons. The van der Waals surface area contributed by atoms with E-state index in [0.717, 1.165) is 16.9 Å². The monoisotopic (exact) mass is 364 g/mol. The molecule has 0 aliphatic carbocycles. The standard InChI is InChI=1S/C22H20O5/c1-15-13-17(23)14-20(21(15)22(24)25)27-12-11-26-19-10-6-5-9-18(19)16-7-3-2-4-8-16/h2-10,13-14,23H,11-12H2,1H3,(H,24,25). The van der Waals surface area contributed by atoms with Gasteiger partial charge in [0, 0.05) is 11.6 Å². The first-order valence-electron chi connectivity index (χ1n) is 8.53. The molecule has 5 heteroatoms. The molecule has 27 heavy (non-hydrogen) atoms. The molecule has 0 saturated heterocycles. The van der Waals surface area contributed by atoms with Gasteiger partial charge in [0.2, 0.25) is 0 Å². The average Bonchev–Trinajstić information content (AvgIpc) is 2.65. The van der Waals surface area contributed by atoms with Crippen molar-refractivity contribution in [2.75, 3.05) is 13.2 Å². The zero-order valence-corrected chi connectivity index (χ0v) is 14.9. The maximum Gasteiger partial charge on any atom is 0.339 e. The van der Waals surface area contributed by atoms with Gasteiger partial charge < -0.3 is 19.7 Å². The molecule has 2 N–H and O–H groups in total. The number of carboxylic acid groups (broad SMARTS) is 1. The van der Waals surface area contributed by atoms with Gasteiger partial charge in [-0.2, -0.15) is 0 Å². The van der Waals surface area contributed by atoms with E-state index in [0.29, 0.717) is 5.56 Å². The van der Waals surface area contributed by atoms with Gasteiger partial charge in [0.05, 0.1) is 0 Å².